The van der Waals surface area contributed by atoms with E-state index in [1.807, 2.05) is 30.3 Å². The van der Waals surface area contributed by atoms with Crippen molar-refractivity contribution in [2.45, 2.75) is 4.28 Å². The molecule has 0 N–H and O–H groups in total. The molecule has 1 aromatic rings. The molecule has 0 amide bonds. The highest BCUT2D eigenvalue weighted by Crippen LogP contribution is 2.35. The molecule has 0 aliphatic rings. The summed E-state index contributed by atoms with van der Waals surface area (Å²) in [5.41, 5.74) is 0.989. The molecule has 0 saturated carbocycles. The fourth-order valence-corrected chi connectivity index (χ4v) is 11.7. The van der Waals surface area contributed by atoms with Crippen LogP contribution in [0.1, 0.15) is 5.56 Å². The van der Waals surface area contributed by atoms with Gasteiger partial charge in [0, 0.05) is 42.7 Å². The third-order valence-electron chi connectivity index (χ3n) is 3.24. The van der Waals surface area contributed by atoms with E-state index in [0.29, 0.717) is 0 Å². The second kappa shape index (κ2) is 9.70. The zero-order chi connectivity index (χ0) is 16.6. The summed E-state index contributed by atoms with van der Waals surface area (Å²) in [5.74, 6) is 0. The second-order valence-corrected chi connectivity index (χ2v) is 12.1. The van der Waals surface area contributed by atoms with Gasteiger partial charge in [0.05, 0.1) is 0 Å². The topological polar surface area (TPSA) is 55.4 Å². The molecule has 1 aromatic carbocycles. The Kier molecular flexibility index (Phi) is 8.67. The van der Waals surface area contributed by atoms with Gasteiger partial charge in [-0.05, 0) is 5.56 Å². The van der Waals surface area contributed by atoms with E-state index in [2.05, 4.69) is 0 Å². The average molecular weight is 360 g/mol. The van der Waals surface area contributed by atoms with Crippen molar-refractivity contribution in [1.29, 1.82) is 0 Å². The van der Waals surface area contributed by atoms with E-state index in [9.17, 15) is 0 Å². The fourth-order valence-electron chi connectivity index (χ4n) is 2.46. The minimum Gasteiger partial charge on any atom is -0.396 e. The lowest BCUT2D eigenvalue weighted by Gasteiger charge is -2.40. The van der Waals surface area contributed by atoms with Gasteiger partial charge in [-0.1, -0.05) is 30.3 Å². The summed E-state index contributed by atoms with van der Waals surface area (Å²) in [4.78, 5) is 0. The lowest BCUT2D eigenvalue weighted by molar-refractivity contribution is 0.203. The first-order valence-electron chi connectivity index (χ1n) is 6.58. The monoisotopic (exact) mass is 359 g/mol. The van der Waals surface area contributed by atoms with Crippen molar-refractivity contribution in [3.05, 3.63) is 35.9 Å². The molecule has 0 aliphatic carbocycles. The molecule has 9 heteroatoms. The summed E-state index contributed by atoms with van der Waals surface area (Å²) < 4.78 is 33.5. The van der Waals surface area contributed by atoms with Crippen LogP contribution in [0.2, 0.25) is 0 Å². The molecule has 0 bridgehead atoms. The molecule has 6 nitrogen and oxygen atoms in total. The smallest absolute Gasteiger partial charge is 0.396 e. The first kappa shape index (κ1) is 19.7. The van der Waals surface area contributed by atoms with Crippen LogP contribution in [0.5, 0.6) is 0 Å². The van der Waals surface area contributed by atoms with Gasteiger partial charge in [-0.15, -0.1) is 0 Å². The van der Waals surface area contributed by atoms with Gasteiger partial charge in [-0.25, -0.2) is 0 Å². The molecule has 0 heterocycles. The molecule has 0 aromatic heterocycles. The SMILES string of the molecule is CO[Si](OC)C(c1ccccc1)([Si](OC)OC)[Si](OC)OC. The second-order valence-electron chi connectivity index (χ2n) is 4.20. The maximum Gasteiger partial charge on any atom is 0.399 e. The molecule has 0 saturated heterocycles. The van der Waals surface area contributed by atoms with E-state index in [4.69, 9.17) is 26.6 Å². The minimum absolute atomic E-state index is 0.683. The van der Waals surface area contributed by atoms with Gasteiger partial charge in [0.1, 0.15) is 4.28 Å². The van der Waals surface area contributed by atoms with E-state index in [-0.39, 0.29) is 0 Å². The summed E-state index contributed by atoms with van der Waals surface area (Å²) in [7, 11) is 4.29. The van der Waals surface area contributed by atoms with Crippen LogP contribution in [-0.2, 0) is 30.8 Å². The van der Waals surface area contributed by atoms with Gasteiger partial charge in [0.15, 0.2) is 0 Å². The first-order chi connectivity index (χ1) is 10.7. The first-order valence-corrected chi connectivity index (χ1v) is 10.5. The molecule has 0 aliphatic heterocycles. The zero-order valence-corrected chi connectivity index (χ0v) is 16.8. The Labute approximate surface area is 137 Å². The average Bonchev–Trinajstić information content (AvgIpc) is 2.58. The normalized spacial score (nSPS) is 12.6. The van der Waals surface area contributed by atoms with Crippen LogP contribution in [0.4, 0.5) is 0 Å². The van der Waals surface area contributed by atoms with Crippen molar-refractivity contribution in [3.8, 4) is 0 Å². The van der Waals surface area contributed by atoms with E-state index >= 15 is 0 Å². The fraction of sp³-hybridized carbons (Fsp3) is 0.538. The molecule has 1 rings (SSSR count). The zero-order valence-electron chi connectivity index (χ0n) is 13.8. The van der Waals surface area contributed by atoms with Gasteiger partial charge in [-0.2, -0.15) is 0 Å². The summed E-state index contributed by atoms with van der Waals surface area (Å²) in [6, 6.07) is 9.90. The van der Waals surface area contributed by atoms with Crippen molar-refractivity contribution in [2.75, 3.05) is 42.7 Å². The molecule has 22 heavy (non-hydrogen) atoms. The summed E-state index contributed by atoms with van der Waals surface area (Å²) >= 11 is 0. The van der Waals surface area contributed by atoms with Crippen LogP contribution >= 0.6 is 0 Å². The van der Waals surface area contributed by atoms with Crippen LogP contribution in [0, 0.1) is 0 Å². The maximum absolute atomic E-state index is 5.70. The number of hydrogen-bond donors (Lipinski definition) is 0. The van der Waals surface area contributed by atoms with Crippen LogP contribution in [0.3, 0.4) is 0 Å². The Hall–Kier alpha value is -0.369. The predicted molar refractivity (Wildman–Crippen MR) is 87.4 cm³/mol. The summed E-state index contributed by atoms with van der Waals surface area (Å²) in [5, 5.41) is 0. The molecule has 0 atom stereocenters. The Balaban J connectivity index is 3.61. The molecule has 0 unspecified atom stereocenters. The number of hydrogen-bond acceptors (Lipinski definition) is 6. The van der Waals surface area contributed by atoms with Crippen LogP contribution in [0.25, 0.3) is 0 Å². The van der Waals surface area contributed by atoms with Crippen LogP contribution < -0.4 is 0 Å². The van der Waals surface area contributed by atoms with Gasteiger partial charge >= 0.3 is 27.9 Å². The Bertz CT molecular complexity index is 378. The molecule has 0 fully saturated rings. The Morgan fingerprint density at radius 2 is 0.909 bits per heavy atom. The molecule has 123 valence electrons. The van der Waals surface area contributed by atoms with Gasteiger partial charge in [0.25, 0.3) is 0 Å². The largest absolute Gasteiger partial charge is 0.399 e. The van der Waals surface area contributed by atoms with Crippen molar-refractivity contribution in [2.24, 2.45) is 0 Å². The minimum atomic E-state index is -1.83. The van der Waals surface area contributed by atoms with E-state index in [1.165, 1.54) is 0 Å². The molecule has 3 radical (unpaired) electrons. The third-order valence-corrected chi connectivity index (χ3v) is 11.8. The van der Waals surface area contributed by atoms with Crippen molar-refractivity contribution >= 4 is 27.9 Å². The quantitative estimate of drug-likeness (QED) is 0.578. The lowest BCUT2D eigenvalue weighted by Crippen LogP contribution is -2.68. The third kappa shape index (κ3) is 3.58. The van der Waals surface area contributed by atoms with E-state index < -0.39 is 32.1 Å². The van der Waals surface area contributed by atoms with E-state index in [0.717, 1.165) is 5.56 Å². The Morgan fingerprint density at radius 1 is 0.591 bits per heavy atom. The predicted octanol–water partition coefficient (Wildman–Crippen LogP) is 0.885. The van der Waals surface area contributed by atoms with Gasteiger partial charge < -0.3 is 26.6 Å². The number of rotatable bonds is 10. The standard InChI is InChI=1S/C13H23O6Si3/c1-14-20(15-2)13(21(16-3)17-4,22(18-5)19-6)12-10-8-7-9-11-12/h7-11H,1-6H3. The summed E-state index contributed by atoms with van der Waals surface area (Å²) in [6.07, 6.45) is 0. The highest BCUT2D eigenvalue weighted by atomic mass is 28.4. The van der Waals surface area contributed by atoms with Crippen molar-refractivity contribution < 1.29 is 26.6 Å². The van der Waals surface area contributed by atoms with Crippen molar-refractivity contribution in [3.63, 3.8) is 0 Å². The van der Waals surface area contributed by atoms with Crippen molar-refractivity contribution in [1.82, 2.24) is 0 Å². The molecular formula is C13H23O6Si3. The number of benzene rings is 1. The van der Waals surface area contributed by atoms with Gasteiger partial charge in [0.2, 0.25) is 0 Å². The van der Waals surface area contributed by atoms with E-state index in [1.54, 1.807) is 42.7 Å². The van der Waals surface area contributed by atoms with Crippen LogP contribution in [0.15, 0.2) is 30.3 Å². The maximum atomic E-state index is 5.70. The molecular weight excluding hydrogens is 336 g/mol. The lowest BCUT2D eigenvalue weighted by atomic mass is 10.2. The van der Waals surface area contributed by atoms with Crippen LogP contribution in [-0.4, -0.2) is 70.5 Å². The highest BCUT2D eigenvalue weighted by Gasteiger charge is 2.64. The molecule has 0 spiro atoms. The summed E-state index contributed by atoms with van der Waals surface area (Å²) in [6.45, 7) is 0. The highest BCUT2D eigenvalue weighted by molar-refractivity contribution is 6.88. The Morgan fingerprint density at radius 3 is 1.18 bits per heavy atom. The van der Waals surface area contributed by atoms with Gasteiger partial charge in [-0.3, -0.25) is 0 Å².